The molecule has 100 valence electrons. The minimum Gasteiger partial charge on any atom is -0.481 e. The Balaban J connectivity index is 1.97. The van der Waals surface area contributed by atoms with Crippen LogP contribution in [0.2, 0.25) is 15.1 Å². The van der Waals surface area contributed by atoms with Gasteiger partial charge in [-0.2, -0.15) is 0 Å². The van der Waals surface area contributed by atoms with E-state index in [4.69, 9.17) is 39.5 Å². The van der Waals surface area contributed by atoms with Crippen molar-refractivity contribution in [2.45, 2.75) is 0 Å². The van der Waals surface area contributed by atoms with Crippen molar-refractivity contribution in [2.75, 3.05) is 11.9 Å². The van der Waals surface area contributed by atoms with Crippen molar-refractivity contribution in [2.24, 2.45) is 0 Å². The van der Waals surface area contributed by atoms with Crippen LogP contribution in [0.25, 0.3) is 0 Å². The predicted octanol–water partition coefficient (Wildman–Crippen LogP) is 4.12. The standard InChI is InChI=1S/C11H7Cl3N2O2S/c12-6-3-7(13)10(8(14)4-6)18-5-9(17)16-11-15-1-2-19-11/h1-4H,5H2,(H,15,16,17). The number of carbonyl (C=O) groups is 1. The highest BCUT2D eigenvalue weighted by atomic mass is 35.5. The Hall–Kier alpha value is -1.01. The van der Waals surface area contributed by atoms with Crippen LogP contribution in [-0.2, 0) is 4.79 Å². The number of rotatable bonds is 4. The number of halogens is 3. The molecule has 0 radical (unpaired) electrons. The van der Waals surface area contributed by atoms with Gasteiger partial charge in [-0.25, -0.2) is 4.98 Å². The Morgan fingerprint density at radius 3 is 2.58 bits per heavy atom. The zero-order chi connectivity index (χ0) is 13.8. The molecule has 0 saturated carbocycles. The monoisotopic (exact) mass is 336 g/mol. The number of nitrogens with one attached hydrogen (secondary N) is 1. The second-order valence-electron chi connectivity index (χ2n) is 3.37. The fourth-order valence-electron chi connectivity index (χ4n) is 1.25. The summed E-state index contributed by atoms with van der Waals surface area (Å²) in [5.41, 5.74) is 0. The van der Waals surface area contributed by atoms with Gasteiger partial charge in [-0.15, -0.1) is 11.3 Å². The third-order valence-corrected chi connectivity index (χ3v) is 3.46. The average molecular weight is 338 g/mol. The molecule has 1 aromatic carbocycles. The molecule has 1 heterocycles. The third kappa shape index (κ3) is 3.98. The summed E-state index contributed by atoms with van der Waals surface area (Å²) in [5, 5.41) is 5.73. The minimum absolute atomic E-state index is 0.222. The highest BCUT2D eigenvalue weighted by Gasteiger charge is 2.12. The van der Waals surface area contributed by atoms with Gasteiger partial charge in [0.2, 0.25) is 0 Å². The van der Waals surface area contributed by atoms with Crippen molar-refractivity contribution >= 4 is 57.2 Å². The summed E-state index contributed by atoms with van der Waals surface area (Å²) in [6.07, 6.45) is 1.59. The summed E-state index contributed by atoms with van der Waals surface area (Å²) in [4.78, 5) is 15.5. The van der Waals surface area contributed by atoms with Crippen LogP contribution in [0, 0.1) is 0 Å². The van der Waals surface area contributed by atoms with Crippen LogP contribution in [0.3, 0.4) is 0 Å². The summed E-state index contributed by atoms with van der Waals surface area (Å²) >= 11 is 18.9. The summed E-state index contributed by atoms with van der Waals surface area (Å²) in [6, 6.07) is 2.98. The number of nitrogens with zero attached hydrogens (tertiary/aromatic N) is 1. The Bertz CT molecular complexity index is 567. The normalized spacial score (nSPS) is 10.3. The van der Waals surface area contributed by atoms with Gasteiger partial charge in [0, 0.05) is 16.6 Å². The van der Waals surface area contributed by atoms with Gasteiger partial charge in [-0.3, -0.25) is 10.1 Å². The molecule has 0 atom stereocenters. The van der Waals surface area contributed by atoms with E-state index < -0.39 is 0 Å². The van der Waals surface area contributed by atoms with E-state index in [0.29, 0.717) is 10.2 Å². The summed E-state index contributed by atoms with van der Waals surface area (Å²) in [7, 11) is 0. The Morgan fingerprint density at radius 1 is 1.32 bits per heavy atom. The molecule has 2 aromatic rings. The number of aromatic nitrogens is 1. The van der Waals surface area contributed by atoms with E-state index in [9.17, 15) is 4.79 Å². The molecule has 8 heteroatoms. The predicted molar refractivity (Wildman–Crippen MR) is 77.7 cm³/mol. The molecule has 0 fully saturated rings. The number of thiazole rings is 1. The van der Waals surface area contributed by atoms with Crippen LogP contribution in [0.1, 0.15) is 0 Å². The van der Waals surface area contributed by atoms with E-state index in [1.807, 2.05) is 0 Å². The molecule has 0 unspecified atom stereocenters. The molecule has 0 aliphatic carbocycles. The van der Waals surface area contributed by atoms with E-state index in [1.165, 1.54) is 23.5 Å². The first kappa shape index (κ1) is 14.4. The number of hydrogen-bond acceptors (Lipinski definition) is 4. The quantitative estimate of drug-likeness (QED) is 0.913. The van der Waals surface area contributed by atoms with Gasteiger partial charge in [0.25, 0.3) is 5.91 Å². The second kappa shape index (κ2) is 6.43. The van der Waals surface area contributed by atoms with Crippen LogP contribution in [-0.4, -0.2) is 17.5 Å². The van der Waals surface area contributed by atoms with Crippen LogP contribution < -0.4 is 10.1 Å². The molecule has 1 aromatic heterocycles. The molecule has 0 bridgehead atoms. The third-order valence-electron chi connectivity index (χ3n) is 1.99. The molecular formula is C11H7Cl3N2O2S. The van der Waals surface area contributed by atoms with Crippen LogP contribution in [0.5, 0.6) is 5.75 Å². The maximum Gasteiger partial charge on any atom is 0.264 e. The zero-order valence-electron chi connectivity index (χ0n) is 9.32. The van der Waals surface area contributed by atoms with Crippen LogP contribution in [0.15, 0.2) is 23.7 Å². The molecule has 19 heavy (non-hydrogen) atoms. The van der Waals surface area contributed by atoms with Crippen molar-refractivity contribution in [1.82, 2.24) is 4.98 Å². The van der Waals surface area contributed by atoms with Gasteiger partial charge in [0.1, 0.15) is 0 Å². The number of carbonyl (C=O) groups excluding carboxylic acids is 1. The molecule has 0 aliphatic rings. The molecule has 2 rings (SSSR count). The molecular weight excluding hydrogens is 331 g/mol. The first-order chi connectivity index (χ1) is 9.06. The lowest BCUT2D eigenvalue weighted by Gasteiger charge is -2.09. The summed E-state index contributed by atoms with van der Waals surface area (Å²) in [5.74, 6) is -0.126. The second-order valence-corrected chi connectivity index (χ2v) is 5.52. The van der Waals surface area contributed by atoms with Crippen molar-refractivity contribution in [3.05, 3.63) is 38.8 Å². The van der Waals surface area contributed by atoms with Gasteiger partial charge < -0.3 is 4.74 Å². The molecule has 0 spiro atoms. The molecule has 1 amide bonds. The van der Waals surface area contributed by atoms with Crippen molar-refractivity contribution in [3.8, 4) is 5.75 Å². The van der Waals surface area contributed by atoms with E-state index in [0.717, 1.165) is 0 Å². The van der Waals surface area contributed by atoms with Crippen molar-refractivity contribution < 1.29 is 9.53 Å². The summed E-state index contributed by atoms with van der Waals surface area (Å²) < 4.78 is 5.28. The van der Waals surface area contributed by atoms with Crippen molar-refractivity contribution in [1.29, 1.82) is 0 Å². The first-order valence-corrected chi connectivity index (χ1v) is 7.04. The van der Waals surface area contributed by atoms with E-state index in [2.05, 4.69) is 10.3 Å². The maximum absolute atomic E-state index is 11.6. The van der Waals surface area contributed by atoms with Crippen molar-refractivity contribution in [3.63, 3.8) is 0 Å². The fourth-order valence-corrected chi connectivity index (χ4v) is 2.72. The lowest BCUT2D eigenvalue weighted by molar-refractivity contribution is -0.118. The van der Waals surface area contributed by atoms with Gasteiger partial charge in [-0.05, 0) is 12.1 Å². The van der Waals surface area contributed by atoms with E-state index >= 15 is 0 Å². The van der Waals surface area contributed by atoms with E-state index in [1.54, 1.807) is 11.6 Å². The molecule has 0 saturated heterocycles. The largest absolute Gasteiger partial charge is 0.481 e. The molecule has 4 nitrogen and oxygen atoms in total. The minimum atomic E-state index is -0.350. The van der Waals surface area contributed by atoms with Crippen LogP contribution in [0.4, 0.5) is 5.13 Å². The van der Waals surface area contributed by atoms with Gasteiger partial charge in [0.05, 0.1) is 10.0 Å². The highest BCUT2D eigenvalue weighted by Crippen LogP contribution is 2.35. The number of hydrogen-bond donors (Lipinski definition) is 1. The molecule has 1 N–H and O–H groups in total. The average Bonchev–Trinajstić information content (AvgIpc) is 2.80. The number of amides is 1. The van der Waals surface area contributed by atoms with Gasteiger partial charge in [0.15, 0.2) is 17.5 Å². The SMILES string of the molecule is O=C(COc1c(Cl)cc(Cl)cc1Cl)Nc1nccs1. The fraction of sp³-hybridized carbons (Fsp3) is 0.0909. The van der Waals surface area contributed by atoms with Gasteiger partial charge in [-0.1, -0.05) is 34.8 Å². The number of benzene rings is 1. The lowest BCUT2D eigenvalue weighted by Crippen LogP contribution is -2.20. The van der Waals surface area contributed by atoms with Gasteiger partial charge >= 0.3 is 0 Å². The van der Waals surface area contributed by atoms with E-state index in [-0.39, 0.29) is 28.3 Å². The smallest absolute Gasteiger partial charge is 0.264 e. The first-order valence-electron chi connectivity index (χ1n) is 5.03. The zero-order valence-corrected chi connectivity index (χ0v) is 12.4. The number of anilines is 1. The topological polar surface area (TPSA) is 51.2 Å². The maximum atomic E-state index is 11.6. The number of ether oxygens (including phenoxy) is 1. The Kier molecular flexibility index (Phi) is 4.87. The molecule has 0 aliphatic heterocycles. The Labute approximate surface area is 128 Å². The van der Waals surface area contributed by atoms with Crippen LogP contribution >= 0.6 is 46.1 Å². The summed E-state index contributed by atoms with van der Waals surface area (Å²) in [6.45, 7) is -0.222. The lowest BCUT2D eigenvalue weighted by atomic mass is 10.3. The Morgan fingerprint density at radius 2 is 2.00 bits per heavy atom. The highest BCUT2D eigenvalue weighted by molar-refractivity contribution is 7.13.